The van der Waals surface area contributed by atoms with Crippen LogP contribution in [0.5, 0.6) is 0 Å². The number of Topliss-reactive ketones (excluding diaryl/α,β-unsaturated/α-hetero) is 3. The molecule has 681 valence electrons. The van der Waals surface area contributed by atoms with Gasteiger partial charge in [0, 0.05) is 141 Å². The first-order valence-corrected chi connectivity index (χ1v) is 46.4. The molecule has 3 aliphatic carbocycles. The number of ketones is 3. The van der Waals surface area contributed by atoms with E-state index in [1.165, 1.54) is 116 Å². The van der Waals surface area contributed by atoms with Gasteiger partial charge in [-0.15, -0.1) is 105 Å². The number of aromatic nitrogens is 3. The van der Waals surface area contributed by atoms with Crippen molar-refractivity contribution in [3.8, 4) is 33.8 Å². The molecule has 0 saturated heterocycles. The van der Waals surface area contributed by atoms with Crippen molar-refractivity contribution < 1.29 is 102 Å². The number of allylic oxidation sites excluding steroid dienone is 6. The number of rotatable bonds is 30. The molecule has 0 spiro atoms. The number of fused-ring (bicyclic) bond motifs is 3. The molecule has 3 N–H and O–H groups in total. The van der Waals surface area contributed by atoms with Gasteiger partial charge in [-0.05, 0) is 187 Å². The van der Waals surface area contributed by atoms with Gasteiger partial charge in [-0.3, -0.25) is 29.3 Å². The summed E-state index contributed by atoms with van der Waals surface area (Å²) in [4.78, 5) is 50.7. The first-order chi connectivity index (χ1) is 61.8. The summed E-state index contributed by atoms with van der Waals surface area (Å²) in [6.07, 6.45) is 31.3. The zero-order valence-electron chi connectivity index (χ0n) is 87.0. The summed E-state index contributed by atoms with van der Waals surface area (Å²) in [7, 11) is 0. The van der Waals surface area contributed by atoms with Crippen LogP contribution in [0.3, 0.4) is 0 Å². The molecule has 12 rings (SSSR count). The summed E-state index contributed by atoms with van der Waals surface area (Å²) >= 11 is 0. The van der Waals surface area contributed by atoms with E-state index in [4.69, 9.17) is 27.3 Å². The molecule has 3 radical (unpaired) electrons. The molecule has 3 fully saturated rings. The van der Waals surface area contributed by atoms with E-state index in [1.54, 1.807) is 39.0 Å². The van der Waals surface area contributed by atoms with Gasteiger partial charge in [-0.2, -0.15) is 0 Å². The van der Waals surface area contributed by atoms with Crippen molar-refractivity contribution in [3.05, 3.63) is 230 Å². The summed E-state index contributed by atoms with van der Waals surface area (Å²) in [5.41, 5.74) is 16.7. The number of carbonyl (C=O) groups excluding carboxylic acids is 3. The van der Waals surface area contributed by atoms with Crippen LogP contribution in [0.4, 0.5) is 0 Å². The number of nitrogens with zero attached hydrogens (tertiary/aromatic N) is 3. The predicted molar refractivity (Wildman–Crippen MR) is 514 cm³/mol. The van der Waals surface area contributed by atoms with Gasteiger partial charge in [-0.25, -0.2) is 0 Å². The van der Waals surface area contributed by atoms with E-state index in [2.05, 4.69) is 78.9 Å². The largest absolute Gasteiger partial charge is 0.512 e. The smallest absolute Gasteiger partial charge is 0.164 e. The molecule has 124 heavy (non-hydrogen) atoms. The Morgan fingerprint density at radius 2 is 0.573 bits per heavy atom. The fraction of sp³-hybridized carbons (Fsp3) is 0.518. The Bertz CT molecular complexity index is 5120. The monoisotopic (exact) mass is 2220 g/mol. The van der Waals surface area contributed by atoms with E-state index in [-0.39, 0.29) is 130 Å². The third-order valence-corrected chi connectivity index (χ3v) is 26.0. The average molecular weight is 2220 g/mol. The fourth-order valence-electron chi connectivity index (χ4n) is 17.8. The van der Waals surface area contributed by atoms with Crippen molar-refractivity contribution in [3.63, 3.8) is 0 Å². The average Bonchev–Trinajstić information content (AvgIpc) is 1.17. The predicted octanol–water partition coefficient (Wildman–Crippen LogP) is 31.3. The van der Waals surface area contributed by atoms with Gasteiger partial charge in [-0.1, -0.05) is 281 Å². The third-order valence-electron chi connectivity index (χ3n) is 26.0. The summed E-state index contributed by atoms with van der Waals surface area (Å²) in [6, 6.07) is 51.5. The maximum atomic E-state index is 12.1. The molecule has 3 aromatic heterocycles. The van der Waals surface area contributed by atoms with Crippen LogP contribution in [0.25, 0.3) is 66.5 Å². The number of aryl methyl sites for hydroxylation is 6. The van der Waals surface area contributed by atoms with Gasteiger partial charge >= 0.3 is 0 Å². The minimum absolute atomic E-state index is 0. The number of carbonyl (C=O) groups is 3. The Morgan fingerprint density at radius 1 is 0.339 bits per heavy atom. The first-order valence-electron chi connectivity index (χ1n) is 50.9. The number of pyridine rings is 3. The second kappa shape index (κ2) is 56.4. The number of hydrogen-bond donors (Lipinski definition) is 3. The van der Waals surface area contributed by atoms with Crippen LogP contribution < -0.4 is 0 Å². The molecule has 12 heteroatoms. The zero-order valence-corrected chi connectivity index (χ0v) is 85.2. The van der Waals surface area contributed by atoms with E-state index in [0.717, 1.165) is 181 Å². The van der Waals surface area contributed by atoms with Crippen molar-refractivity contribution in [2.24, 2.45) is 53.3 Å². The van der Waals surface area contributed by atoms with Crippen LogP contribution in [0.15, 0.2) is 161 Å². The second-order valence-corrected chi connectivity index (χ2v) is 34.6. The molecule has 6 aromatic carbocycles. The Labute approximate surface area is 803 Å². The molecular formula is C112H152Ir3N3O6-3. The molecule has 0 unspecified atom stereocenters. The maximum absolute atomic E-state index is 12.1. The van der Waals surface area contributed by atoms with E-state index in [0.29, 0.717) is 34.0 Å². The topological polar surface area (TPSA) is 151 Å². The molecule has 3 heterocycles. The Kier molecular flexibility index (Phi) is 43.1. The molecule has 0 aliphatic heterocycles. The second-order valence-electron chi connectivity index (χ2n) is 34.6. The number of aliphatic hydroxyl groups excluding tert-OH is 3. The van der Waals surface area contributed by atoms with Crippen molar-refractivity contribution in [2.75, 3.05) is 0 Å². The van der Waals surface area contributed by atoms with E-state index < -0.39 is 20.6 Å². The van der Waals surface area contributed by atoms with Gasteiger partial charge in [0.15, 0.2) is 17.3 Å². The third kappa shape index (κ3) is 32.1. The van der Waals surface area contributed by atoms with Crippen molar-refractivity contribution in [1.29, 1.82) is 0 Å². The zero-order chi connectivity index (χ0) is 95.9. The van der Waals surface area contributed by atoms with E-state index in [9.17, 15) is 29.7 Å². The van der Waals surface area contributed by atoms with Gasteiger partial charge < -0.3 is 15.3 Å². The quantitative estimate of drug-likeness (QED) is 0.0173. The Hall–Kier alpha value is -6.87. The van der Waals surface area contributed by atoms with E-state index in [1.807, 2.05) is 152 Å². The number of hydrogen-bond acceptors (Lipinski definition) is 9. The van der Waals surface area contributed by atoms with Crippen LogP contribution in [0.1, 0.15) is 327 Å². The maximum Gasteiger partial charge on any atom is 0.164 e. The molecule has 0 atom stereocenters. The summed E-state index contributed by atoms with van der Waals surface area (Å²) in [6.45, 7) is 28.9. The fourth-order valence-corrected chi connectivity index (χ4v) is 17.8. The summed E-state index contributed by atoms with van der Waals surface area (Å²) in [5.74, 6) is 4.27. The van der Waals surface area contributed by atoms with Crippen LogP contribution in [-0.2, 0) is 94.0 Å². The van der Waals surface area contributed by atoms with Gasteiger partial charge in [0.2, 0.25) is 0 Å². The normalized spacial score (nSPS) is 15.5. The molecule has 9 aromatic rings. The number of aliphatic hydroxyl groups is 3. The van der Waals surface area contributed by atoms with Crippen LogP contribution in [0, 0.1) is 113 Å². The molecule has 0 bridgehead atoms. The van der Waals surface area contributed by atoms with Gasteiger partial charge in [0.25, 0.3) is 0 Å². The minimum atomic E-state index is -2.16. The summed E-state index contributed by atoms with van der Waals surface area (Å²) in [5, 5.41) is 33.8. The van der Waals surface area contributed by atoms with E-state index >= 15 is 0 Å². The number of benzene rings is 6. The first kappa shape index (κ1) is 94.7. The Morgan fingerprint density at radius 3 is 0.790 bits per heavy atom. The molecule has 3 saturated carbocycles. The van der Waals surface area contributed by atoms with Crippen molar-refractivity contribution in [2.45, 2.75) is 325 Å². The Balaban J connectivity index is 0.000000339. The molecule has 0 amide bonds. The van der Waals surface area contributed by atoms with Gasteiger partial charge in [0.05, 0.1) is 16.6 Å². The van der Waals surface area contributed by atoms with Crippen LogP contribution >= 0.6 is 0 Å². The van der Waals surface area contributed by atoms with Crippen LogP contribution in [-0.4, -0.2) is 47.6 Å². The standard InChI is InChI=1S/C25H28N.C23H24N.C22H22N.3C14H26O2.3Ir/c1-18-14-19(2)16-22(15-18)24-13-12-23-21(10-7-11-25(23)26-24)17-20-8-5-3-4-6-9-20;1-16-12-17(2)14-20(13-16)22-11-10-21-19(8-5-9-23(21)24-22)15-18-6-3-4-7-18;1-15-11-16(2)13-19(12-15)21-10-9-20-18(14-17-5-3-6-17)7-4-8-22(20)23-21;3*1-6-11(7-2)13(15)10(5)14(16)12(8-3)9-4;;;/h7,10-15,20H,3-6,8-9,17H2,1-2H3;5,8-13,18H,3-4,6-7,15H2,1-2H3;4,7-12,17H,3,5-6,14H2,1-2H3;3*11-12,15H,6-9H2,1-5H3;;;/q3*-1;;;;;;/i3*2D3;;;;;;. The van der Waals surface area contributed by atoms with Crippen molar-refractivity contribution >= 4 is 50.1 Å². The van der Waals surface area contributed by atoms with Crippen molar-refractivity contribution in [1.82, 2.24) is 15.0 Å². The SMILES string of the molecule is CCC(CC)C(=O)C(C)=C(O)C(CC)CC.CCC(CC)C(=O)C(C)=C(O)C(CC)CC.CCC(CC)C(=O)C(C)=C(O)C(CC)CC.[2H]C([2H])([2H])c1[c-]c(-c2ccc3c(CC4CCC4)cccc3n2)cc(C)c1.[2H]C([2H])([2H])c1[c-]c(-c2ccc3c(CC4CCCC4)cccc3n2)cc(C)c1.[2H]C([2H])([2H])c1[c-]c(-c2ccc3c(CC4CCCCCC4)cccc3n2)cc(C)c1.[Ir].[Ir].[Ir]. The van der Waals surface area contributed by atoms with Crippen LogP contribution in [0.2, 0.25) is 0 Å². The molecular weight excluding hydrogens is 2060 g/mol. The molecule has 3 aliphatic rings. The molecule has 9 nitrogen and oxygen atoms in total. The minimum Gasteiger partial charge on any atom is -0.512 e. The van der Waals surface area contributed by atoms with Gasteiger partial charge in [0.1, 0.15) is 17.3 Å². The summed E-state index contributed by atoms with van der Waals surface area (Å²) < 4.78 is 69.1.